The van der Waals surface area contributed by atoms with Gasteiger partial charge in [0.2, 0.25) is 11.5 Å². The van der Waals surface area contributed by atoms with Gasteiger partial charge in [0.05, 0.1) is 0 Å². The molecule has 54 heavy (non-hydrogen) atoms. The lowest BCUT2D eigenvalue weighted by Crippen LogP contribution is -2.71. The summed E-state index contributed by atoms with van der Waals surface area (Å²) in [5, 5.41) is 24.9. The van der Waals surface area contributed by atoms with E-state index >= 15 is 0 Å². The molecule has 13 nitrogen and oxygen atoms in total. The summed E-state index contributed by atoms with van der Waals surface area (Å²) < 4.78 is 0. The highest BCUT2D eigenvalue weighted by molar-refractivity contribution is 8.00. The summed E-state index contributed by atoms with van der Waals surface area (Å²) in [6, 6.07) is 27.5. The fourth-order valence-electron chi connectivity index (χ4n) is 7.37. The predicted molar refractivity (Wildman–Crippen MR) is 204 cm³/mol. The quantitative estimate of drug-likeness (QED) is 0.0500. The van der Waals surface area contributed by atoms with Gasteiger partial charge in [0, 0.05) is 58.9 Å². The van der Waals surface area contributed by atoms with Gasteiger partial charge in [-0.05, 0) is 17.6 Å². The van der Waals surface area contributed by atoms with Crippen molar-refractivity contribution in [3.05, 3.63) is 141 Å². The number of anilines is 1. The SMILES string of the molecule is Nc1nc(C(=NOC(c2ccccc2)(c2ccccc2)c2ccccc2)C(=O)N[C@@H]2C(=O)N3C(C(=O)O)=C(C(=C4CCNC4=O)C4CNC4)CS[C@H]23)cs1. The third kappa shape index (κ3) is 6.13. The Morgan fingerprint density at radius 2 is 1.57 bits per heavy atom. The molecule has 274 valence electrons. The van der Waals surface area contributed by atoms with Crippen LogP contribution >= 0.6 is 23.1 Å². The highest BCUT2D eigenvalue weighted by Gasteiger charge is 2.55. The number of carboxylic acid groups (broad SMARTS) is 1. The number of thiazole rings is 1. The Hall–Kier alpha value is -5.77. The Labute approximate surface area is 318 Å². The maximum atomic E-state index is 14.3. The van der Waals surface area contributed by atoms with Crippen molar-refractivity contribution >= 4 is 57.6 Å². The zero-order valence-electron chi connectivity index (χ0n) is 28.7. The number of thioether (sulfide) groups is 1. The number of carboxylic acids is 1. The van der Waals surface area contributed by atoms with E-state index in [9.17, 15) is 24.3 Å². The van der Waals surface area contributed by atoms with Crippen LogP contribution in [0, 0.1) is 5.92 Å². The van der Waals surface area contributed by atoms with E-state index in [0.717, 1.165) is 28.0 Å². The number of carbonyl (C=O) groups excluding carboxylic acids is 3. The van der Waals surface area contributed by atoms with Crippen LogP contribution in [0.25, 0.3) is 0 Å². The Morgan fingerprint density at radius 1 is 0.963 bits per heavy atom. The lowest BCUT2D eigenvalue weighted by Gasteiger charge is -2.50. The number of carbonyl (C=O) groups is 4. The van der Waals surface area contributed by atoms with Crippen LogP contribution in [-0.2, 0) is 29.6 Å². The third-order valence-electron chi connectivity index (χ3n) is 10.0. The number of nitrogen functional groups attached to an aromatic ring is 1. The third-order valence-corrected chi connectivity index (χ3v) is 12.0. The molecule has 0 spiro atoms. The molecule has 4 aromatic rings. The Morgan fingerprint density at radius 3 is 2.06 bits per heavy atom. The van der Waals surface area contributed by atoms with E-state index in [-0.39, 0.29) is 39.8 Å². The smallest absolute Gasteiger partial charge is 0.352 e. The Bertz CT molecular complexity index is 2120. The molecule has 3 fully saturated rings. The van der Waals surface area contributed by atoms with Gasteiger partial charge in [-0.2, -0.15) is 0 Å². The highest BCUT2D eigenvalue weighted by atomic mass is 32.2. The first kappa shape index (κ1) is 35.3. The summed E-state index contributed by atoms with van der Waals surface area (Å²) in [6.07, 6.45) is 0.479. The van der Waals surface area contributed by atoms with E-state index in [1.807, 2.05) is 91.0 Å². The summed E-state index contributed by atoms with van der Waals surface area (Å²) >= 11 is 2.45. The van der Waals surface area contributed by atoms with Crippen LogP contribution in [0.4, 0.5) is 5.13 Å². The lowest BCUT2D eigenvalue weighted by molar-refractivity contribution is -0.150. The van der Waals surface area contributed by atoms with E-state index < -0.39 is 34.8 Å². The second-order valence-electron chi connectivity index (χ2n) is 13.1. The molecule has 2 atom stereocenters. The van der Waals surface area contributed by atoms with Crippen molar-refractivity contribution in [2.24, 2.45) is 11.1 Å². The standard InChI is InChI=1S/C39H35N7O6S2/c40-38-43-28(21-54-38)30(45-52-39(23-10-4-1-5-11-23,24-12-6-2-7-13-24)25-14-8-3-9-15-25)34(48)44-31-35(49)46-32(37(50)51)27(20-53-36(31)46)29(22-18-41-19-22)26-16-17-42-33(26)47/h1-15,21-22,31,36,41H,16-20H2,(H2,40,43)(H,42,47)(H,44,48)(H,50,51)/t31-,36-/m1/s1. The van der Waals surface area contributed by atoms with Gasteiger partial charge in [-0.3, -0.25) is 19.3 Å². The van der Waals surface area contributed by atoms with Crippen LogP contribution in [0.1, 0.15) is 28.8 Å². The number of β-lactam (4-membered cyclic amide) rings is 1. The molecule has 3 saturated heterocycles. The molecule has 4 aliphatic rings. The van der Waals surface area contributed by atoms with Crippen molar-refractivity contribution in [1.29, 1.82) is 0 Å². The Balaban J connectivity index is 1.14. The number of rotatable bonds is 11. The summed E-state index contributed by atoms with van der Waals surface area (Å²) in [5.41, 5.74) is 8.44. The number of nitrogens with two attached hydrogens (primary N) is 1. The van der Waals surface area contributed by atoms with E-state index in [1.54, 1.807) is 5.38 Å². The molecule has 3 aromatic carbocycles. The number of aliphatic carboxylic acids is 1. The molecule has 0 aliphatic carbocycles. The molecular weight excluding hydrogens is 727 g/mol. The molecule has 8 rings (SSSR count). The van der Waals surface area contributed by atoms with E-state index in [1.165, 1.54) is 16.7 Å². The fraction of sp³-hybridized carbons (Fsp3) is 0.231. The van der Waals surface area contributed by atoms with Crippen LogP contribution in [0.3, 0.4) is 0 Å². The minimum atomic E-state index is -1.31. The van der Waals surface area contributed by atoms with Gasteiger partial charge in [-0.25, -0.2) is 9.78 Å². The number of benzene rings is 3. The fourth-order valence-corrected chi connectivity index (χ4v) is 9.29. The first-order valence-corrected chi connectivity index (χ1v) is 19.3. The maximum absolute atomic E-state index is 14.3. The molecule has 0 unspecified atom stereocenters. The summed E-state index contributed by atoms with van der Waals surface area (Å²) in [5.74, 6) is -2.63. The number of nitrogens with zero attached hydrogens (tertiary/aromatic N) is 3. The number of hydrogen-bond donors (Lipinski definition) is 5. The number of fused-ring (bicyclic) bond motifs is 1. The molecular formula is C39H35N7O6S2. The van der Waals surface area contributed by atoms with Crippen molar-refractivity contribution in [1.82, 2.24) is 25.8 Å². The van der Waals surface area contributed by atoms with Crippen molar-refractivity contribution < 1.29 is 29.1 Å². The first-order chi connectivity index (χ1) is 26.3. The lowest BCUT2D eigenvalue weighted by atomic mass is 9.80. The average molecular weight is 762 g/mol. The minimum absolute atomic E-state index is 0.0451. The van der Waals surface area contributed by atoms with Crippen molar-refractivity contribution in [2.75, 3.05) is 31.1 Å². The largest absolute Gasteiger partial charge is 0.477 e. The van der Waals surface area contributed by atoms with Gasteiger partial charge < -0.3 is 31.6 Å². The summed E-state index contributed by atoms with van der Waals surface area (Å²) in [7, 11) is 0. The zero-order chi connectivity index (χ0) is 37.4. The molecule has 3 amide bonds. The van der Waals surface area contributed by atoms with E-state index in [0.29, 0.717) is 42.8 Å². The van der Waals surface area contributed by atoms with Gasteiger partial charge in [0.15, 0.2) is 10.8 Å². The Kier molecular flexibility index (Phi) is 9.52. The number of hydrogen-bond acceptors (Lipinski definition) is 11. The van der Waals surface area contributed by atoms with Crippen LogP contribution < -0.4 is 21.7 Å². The van der Waals surface area contributed by atoms with Gasteiger partial charge >= 0.3 is 5.97 Å². The van der Waals surface area contributed by atoms with Crippen LogP contribution in [0.5, 0.6) is 0 Å². The first-order valence-electron chi connectivity index (χ1n) is 17.4. The van der Waals surface area contributed by atoms with Gasteiger partial charge in [-0.1, -0.05) is 96.2 Å². The summed E-state index contributed by atoms with van der Waals surface area (Å²) in [4.78, 5) is 65.9. The highest BCUT2D eigenvalue weighted by Crippen LogP contribution is 2.45. The molecule has 15 heteroatoms. The number of amides is 3. The maximum Gasteiger partial charge on any atom is 0.352 e. The average Bonchev–Trinajstić information content (AvgIpc) is 3.81. The van der Waals surface area contributed by atoms with E-state index in [4.69, 9.17) is 10.6 Å². The second-order valence-corrected chi connectivity index (χ2v) is 15.1. The predicted octanol–water partition coefficient (Wildman–Crippen LogP) is 3.21. The van der Waals surface area contributed by atoms with Crippen LogP contribution in [0.15, 0.2) is 124 Å². The van der Waals surface area contributed by atoms with Gasteiger partial charge in [0.25, 0.3) is 11.8 Å². The van der Waals surface area contributed by atoms with Crippen molar-refractivity contribution in [3.8, 4) is 0 Å². The summed E-state index contributed by atoms with van der Waals surface area (Å²) in [6.45, 7) is 1.69. The molecule has 0 radical (unpaired) electrons. The zero-order valence-corrected chi connectivity index (χ0v) is 30.4. The van der Waals surface area contributed by atoms with Crippen molar-refractivity contribution in [3.63, 3.8) is 0 Å². The minimum Gasteiger partial charge on any atom is -0.477 e. The monoisotopic (exact) mass is 761 g/mol. The normalized spacial score (nSPS) is 21.1. The topological polar surface area (TPSA) is 188 Å². The molecule has 5 heterocycles. The molecule has 0 saturated carbocycles. The van der Waals surface area contributed by atoms with Gasteiger partial charge in [0.1, 0.15) is 22.8 Å². The van der Waals surface area contributed by atoms with E-state index in [2.05, 4.69) is 26.1 Å². The molecule has 1 aromatic heterocycles. The second kappa shape index (κ2) is 14.6. The van der Waals surface area contributed by atoms with Crippen molar-refractivity contribution in [2.45, 2.75) is 23.4 Å². The number of aromatic nitrogens is 1. The number of oxime groups is 1. The number of nitrogens with one attached hydrogen (secondary N) is 3. The molecule has 6 N–H and O–H groups in total. The van der Waals surface area contributed by atoms with Gasteiger partial charge in [-0.15, -0.1) is 23.1 Å². The van der Waals surface area contributed by atoms with Crippen LogP contribution in [0.2, 0.25) is 0 Å². The molecule has 0 bridgehead atoms. The van der Waals surface area contributed by atoms with Crippen LogP contribution in [-0.4, -0.2) is 81.2 Å². The molecule has 4 aliphatic heterocycles.